The second kappa shape index (κ2) is 7.03. The summed E-state index contributed by atoms with van der Waals surface area (Å²) in [5, 5.41) is 14.1. The van der Waals surface area contributed by atoms with Crippen molar-refractivity contribution in [3.05, 3.63) is 45.4 Å². The van der Waals surface area contributed by atoms with Crippen LogP contribution in [0.2, 0.25) is 0 Å². The first kappa shape index (κ1) is 17.5. The van der Waals surface area contributed by atoms with Gasteiger partial charge in [-0.25, -0.2) is 9.67 Å². The van der Waals surface area contributed by atoms with E-state index in [1.807, 2.05) is 19.9 Å². The zero-order valence-electron chi connectivity index (χ0n) is 15.9. The molecule has 4 rings (SSSR count). The SMILES string of the molecule is CC(C)n1nc(N2CCN(c3nc4c(cc3C#N)CCC4)CC2)ccc1=O. The molecule has 0 bridgehead atoms. The molecule has 0 N–H and O–H groups in total. The van der Waals surface area contributed by atoms with Gasteiger partial charge in [0.05, 0.1) is 11.6 Å². The molecular formula is C20H24N6O. The minimum Gasteiger partial charge on any atom is -0.352 e. The van der Waals surface area contributed by atoms with Crippen LogP contribution in [0.5, 0.6) is 0 Å². The third-order valence-electron chi connectivity index (χ3n) is 5.35. The summed E-state index contributed by atoms with van der Waals surface area (Å²) in [5.74, 6) is 1.64. The van der Waals surface area contributed by atoms with Gasteiger partial charge in [0, 0.05) is 37.9 Å². The van der Waals surface area contributed by atoms with Crippen molar-refractivity contribution in [3.8, 4) is 6.07 Å². The molecule has 27 heavy (non-hydrogen) atoms. The molecule has 0 saturated carbocycles. The Kier molecular flexibility index (Phi) is 4.56. The maximum Gasteiger partial charge on any atom is 0.267 e. The Morgan fingerprint density at radius 2 is 1.85 bits per heavy atom. The van der Waals surface area contributed by atoms with Crippen molar-refractivity contribution >= 4 is 11.6 Å². The number of fused-ring (bicyclic) bond motifs is 1. The molecule has 1 saturated heterocycles. The number of piperazine rings is 1. The summed E-state index contributed by atoms with van der Waals surface area (Å²) in [6.45, 7) is 7.05. The van der Waals surface area contributed by atoms with Crippen molar-refractivity contribution < 1.29 is 0 Å². The summed E-state index contributed by atoms with van der Waals surface area (Å²) in [6.07, 6.45) is 3.17. The highest BCUT2D eigenvalue weighted by Crippen LogP contribution is 2.28. The third-order valence-corrected chi connectivity index (χ3v) is 5.35. The summed E-state index contributed by atoms with van der Waals surface area (Å²) >= 11 is 0. The number of aromatic nitrogens is 3. The first-order chi connectivity index (χ1) is 13.1. The van der Waals surface area contributed by atoms with E-state index in [9.17, 15) is 10.1 Å². The van der Waals surface area contributed by atoms with Gasteiger partial charge in [-0.3, -0.25) is 4.79 Å². The highest BCUT2D eigenvalue weighted by Gasteiger charge is 2.24. The normalized spacial score (nSPS) is 16.5. The van der Waals surface area contributed by atoms with Crippen LogP contribution in [0.3, 0.4) is 0 Å². The zero-order chi connectivity index (χ0) is 19.0. The largest absolute Gasteiger partial charge is 0.352 e. The summed E-state index contributed by atoms with van der Waals surface area (Å²) < 4.78 is 1.53. The average Bonchev–Trinajstić information content (AvgIpc) is 3.14. The predicted octanol–water partition coefficient (Wildman–Crippen LogP) is 1.91. The fourth-order valence-corrected chi connectivity index (χ4v) is 3.89. The molecule has 0 amide bonds. The second-order valence-electron chi connectivity index (χ2n) is 7.47. The first-order valence-corrected chi connectivity index (χ1v) is 9.59. The van der Waals surface area contributed by atoms with Gasteiger partial charge in [-0.05, 0) is 50.8 Å². The standard InChI is InChI=1S/C20H24N6O/c1-14(2)26-19(27)7-6-18(23-26)24-8-10-25(11-9-24)20-16(13-21)12-15-4-3-5-17(15)22-20/h6-7,12,14H,3-5,8-11H2,1-2H3. The number of hydrogen-bond donors (Lipinski definition) is 0. The molecule has 140 valence electrons. The van der Waals surface area contributed by atoms with Gasteiger partial charge in [0.15, 0.2) is 0 Å². The molecule has 0 unspecified atom stereocenters. The molecule has 0 aromatic carbocycles. The van der Waals surface area contributed by atoms with Gasteiger partial charge in [-0.15, -0.1) is 0 Å². The van der Waals surface area contributed by atoms with Crippen LogP contribution in [0.25, 0.3) is 0 Å². The number of hydrogen-bond acceptors (Lipinski definition) is 6. The quantitative estimate of drug-likeness (QED) is 0.828. The van der Waals surface area contributed by atoms with E-state index >= 15 is 0 Å². The van der Waals surface area contributed by atoms with E-state index in [2.05, 4.69) is 21.0 Å². The molecule has 2 aromatic heterocycles. The summed E-state index contributed by atoms with van der Waals surface area (Å²) in [6, 6.07) is 7.77. The van der Waals surface area contributed by atoms with Crippen LogP contribution in [0.4, 0.5) is 11.6 Å². The Morgan fingerprint density at radius 1 is 1.11 bits per heavy atom. The molecule has 1 aliphatic heterocycles. The molecule has 2 aliphatic rings. The molecule has 3 heterocycles. The van der Waals surface area contributed by atoms with Gasteiger partial charge in [-0.1, -0.05) is 0 Å². The molecule has 7 heteroatoms. The number of rotatable bonds is 3. The second-order valence-corrected chi connectivity index (χ2v) is 7.47. The zero-order valence-corrected chi connectivity index (χ0v) is 15.9. The van der Waals surface area contributed by atoms with E-state index in [0.717, 1.165) is 62.8 Å². The van der Waals surface area contributed by atoms with Gasteiger partial charge >= 0.3 is 0 Å². The van der Waals surface area contributed by atoms with Crippen molar-refractivity contribution in [2.24, 2.45) is 0 Å². The van der Waals surface area contributed by atoms with Crippen LogP contribution in [0.15, 0.2) is 23.0 Å². The van der Waals surface area contributed by atoms with E-state index in [-0.39, 0.29) is 11.6 Å². The molecule has 0 radical (unpaired) electrons. The maximum atomic E-state index is 11.9. The Balaban J connectivity index is 1.53. The average molecular weight is 364 g/mol. The van der Waals surface area contributed by atoms with Gasteiger partial charge in [-0.2, -0.15) is 10.4 Å². The molecule has 1 fully saturated rings. The monoisotopic (exact) mass is 364 g/mol. The predicted molar refractivity (Wildman–Crippen MR) is 104 cm³/mol. The summed E-state index contributed by atoms with van der Waals surface area (Å²) in [4.78, 5) is 21.1. The van der Waals surface area contributed by atoms with Crippen molar-refractivity contribution in [3.63, 3.8) is 0 Å². The summed E-state index contributed by atoms with van der Waals surface area (Å²) in [7, 11) is 0. The lowest BCUT2D eigenvalue weighted by molar-refractivity contribution is 0.497. The van der Waals surface area contributed by atoms with E-state index in [0.29, 0.717) is 5.56 Å². The highest BCUT2D eigenvalue weighted by molar-refractivity contribution is 5.58. The van der Waals surface area contributed by atoms with Crippen LogP contribution in [-0.2, 0) is 12.8 Å². The van der Waals surface area contributed by atoms with E-state index < -0.39 is 0 Å². The molecule has 0 atom stereocenters. The molecule has 0 spiro atoms. The topological polar surface area (TPSA) is 78.1 Å². The summed E-state index contributed by atoms with van der Waals surface area (Å²) in [5.41, 5.74) is 2.98. The Morgan fingerprint density at radius 3 is 2.56 bits per heavy atom. The number of anilines is 2. The Hall–Kier alpha value is -2.88. The van der Waals surface area contributed by atoms with Gasteiger partial charge < -0.3 is 9.80 Å². The van der Waals surface area contributed by atoms with E-state index in [4.69, 9.17) is 4.98 Å². The van der Waals surface area contributed by atoms with Crippen LogP contribution in [0.1, 0.15) is 43.1 Å². The molecule has 2 aromatic rings. The van der Waals surface area contributed by atoms with E-state index in [1.54, 1.807) is 12.1 Å². The fourth-order valence-electron chi connectivity index (χ4n) is 3.89. The fraction of sp³-hybridized carbons (Fsp3) is 0.500. The van der Waals surface area contributed by atoms with Gasteiger partial charge in [0.1, 0.15) is 17.7 Å². The van der Waals surface area contributed by atoms with Crippen molar-refractivity contribution in [2.75, 3.05) is 36.0 Å². The van der Waals surface area contributed by atoms with Crippen molar-refractivity contribution in [1.29, 1.82) is 5.26 Å². The lowest BCUT2D eigenvalue weighted by Gasteiger charge is -2.36. The lowest BCUT2D eigenvalue weighted by atomic mass is 10.1. The van der Waals surface area contributed by atoms with Crippen LogP contribution in [0, 0.1) is 11.3 Å². The Bertz CT molecular complexity index is 950. The van der Waals surface area contributed by atoms with Gasteiger partial charge in [0.25, 0.3) is 5.56 Å². The third kappa shape index (κ3) is 3.27. The number of pyridine rings is 1. The highest BCUT2D eigenvalue weighted by atomic mass is 16.1. The smallest absolute Gasteiger partial charge is 0.267 e. The maximum absolute atomic E-state index is 11.9. The Labute approximate surface area is 158 Å². The van der Waals surface area contributed by atoms with Crippen molar-refractivity contribution in [2.45, 2.75) is 39.2 Å². The van der Waals surface area contributed by atoms with Crippen LogP contribution < -0.4 is 15.4 Å². The number of nitrogens with zero attached hydrogens (tertiary/aromatic N) is 6. The number of nitriles is 1. The van der Waals surface area contributed by atoms with Crippen molar-refractivity contribution in [1.82, 2.24) is 14.8 Å². The minimum atomic E-state index is -0.0756. The van der Waals surface area contributed by atoms with Gasteiger partial charge in [0.2, 0.25) is 0 Å². The van der Waals surface area contributed by atoms with E-state index in [1.165, 1.54) is 10.2 Å². The first-order valence-electron chi connectivity index (χ1n) is 9.59. The molecule has 1 aliphatic carbocycles. The molecule has 7 nitrogen and oxygen atoms in total. The number of aryl methyl sites for hydroxylation is 2. The van der Waals surface area contributed by atoms with Crippen LogP contribution in [-0.4, -0.2) is 40.9 Å². The minimum absolute atomic E-state index is 0.0348. The van der Waals surface area contributed by atoms with Crippen LogP contribution >= 0.6 is 0 Å². The lowest BCUT2D eigenvalue weighted by Crippen LogP contribution is -2.48. The molecular weight excluding hydrogens is 340 g/mol.